The molecular weight excluding hydrogens is 326 g/mol. The van der Waals surface area contributed by atoms with Crippen LogP contribution in [0.2, 0.25) is 0 Å². The third-order valence-electron chi connectivity index (χ3n) is 3.37. The van der Waals surface area contributed by atoms with Gasteiger partial charge in [-0.3, -0.25) is 9.59 Å². The number of ketones is 1. The number of aryl methyl sites for hydroxylation is 1. The Balaban J connectivity index is 1.62. The van der Waals surface area contributed by atoms with Crippen molar-refractivity contribution in [3.8, 4) is 0 Å². The number of nitrogens with one attached hydrogen (secondary N) is 1. The van der Waals surface area contributed by atoms with Crippen molar-refractivity contribution in [2.75, 3.05) is 0 Å². The average molecular weight is 341 g/mol. The van der Waals surface area contributed by atoms with Crippen LogP contribution in [0.4, 0.5) is 0 Å². The summed E-state index contributed by atoms with van der Waals surface area (Å²) in [5.41, 5.74) is 1.76. The summed E-state index contributed by atoms with van der Waals surface area (Å²) >= 11 is 2.86. The van der Waals surface area contributed by atoms with Crippen molar-refractivity contribution in [1.82, 2.24) is 5.32 Å². The van der Waals surface area contributed by atoms with E-state index in [4.69, 9.17) is 0 Å². The first-order valence-electron chi connectivity index (χ1n) is 7.15. The van der Waals surface area contributed by atoms with Crippen molar-refractivity contribution in [2.45, 2.75) is 13.5 Å². The van der Waals surface area contributed by atoms with Gasteiger partial charge in [-0.05, 0) is 42.6 Å². The minimum atomic E-state index is -0.107. The molecule has 0 saturated carbocycles. The standard InChI is InChI=1S/C18H15NO2S2/c1-12-4-6-13(7-5-12)18(21)19-11-14-8-9-16(23-14)17(20)15-3-2-10-22-15/h2-10H,11H2,1H3,(H,19,21). The molecule has 0 spiro atoms. The normalized spacial score (nSPS) is 10.5. The molecule has 0 aliphatic carbocycles. The second-order valence-corrected chi connectivity index (χ2v) is 7.24. The zero-order valence-electron chi connectivity index (χ0n) is 12.5. The Morgan fingerprint density at radius 3 is 2.48 bits per heavy atom. The van der Waals surface area contributed by atoms with E-state index in [1.54, 1.807) is 0 Å². The van der Waals surface area contributed by atoms with E-state index in [-0.39, 0.29) is 11.7 Å². The fourth-order valence-corrected chi connectivity index (χ4v) is 3.74. The van der Waals surface area contributed by atoms with Crippen LogP contribution in [0.3, 0.4) is 0 Å². The third kappa shape index (κ3) is 3.75. The quantitative estimate of drug-likeness (QED) is 0.704. The topological polar surface area (TPSA) is 46.2 Å². The summed E-state index contributed by atoms with van der Waals surface area (Å²) in [5, 5.41) is 4.78. The molecule has 0 aliphatic heterocycles. The summed E-state index contributed by atoms with van der Waals surface area (Å²) in [4.78, 5) is 26.7. The first-order valence-corrected chi connectivity index (χ1v) is 8.85. The van der Waals surface area contributed by atoms with E-state index >= 15 is 0 Å². The van der Waals surface area contributed by atoms with Crippen LogP contribution >= 0.6 is 22.7 Å². The molecule has 23 heavy (non-hydrogen) atoms. The van der Waals surface area contributed by atoms with E-state index in [1.807, 2.05) is 60.8 Å². The Labute approximate surface area is 142 Å². The summed E-state index contributed by atoms with van der Waals surface area (Å²) in [6.45, 7) is 2.41. The fraction of sp³-hybridized carbons (Fsp3) is 0.111. The molecule has 3 rings (SSSR count). The van der Waals surface area contributed by atoms with E-state index in [0.29, 0.717) is 17.0 Å². The van der Waals surface area contributed by atoms with Gasteiger partial charge in [0.1, 0.15) is 0 Å². The lowest BCUT2D eigenvalue weighted by Gasteiger charge is -2.04. The zero-order valence-corrected chi connectivity index (χ0v) is 14.2. The van der Waals surface area contributed by atoms with E-state index < -0.39 is 0 Å². The predicted octanol–water partition coefficient (Wildman–Crippen LogP) is 4.28. The Kier molecular flexibility index (Phi) is 4.69. The molecule has 0 bridgehead atoms. The molecule has 0 aliphatic rings. The summed E-state index contributed by atoms with van der Waals surface area (Å²) in [6.07, 6.45) is 0. The molecular formula is C18H15NO2S2. The highest BCUT2D eigenvalue weighted by molar-refractivity contribution is 7.16. The van der Waals surface area contributed by atoms with Crippen LogP contribution in [0.1, 0.15) is 35.3 Å². The molecule has 2 heterocycles. The van der Waals surface area contributed by atoms with Crippen LogP contribution in [-0.4, -0.2) is 11.7 Å². The number of amides is 1. The lowest BCUT2D eigenvalue weighted by Crippen LogP contribution is -2.22. The van der Waals surface area contributed by atoms with Crippen LogP contribution in [-0.2, 0) is 6.54 Å². The zero-order chi connectivity index (χ0) is 16.2. The number of carbonyl (C=O) groups excluding carboxylic acids is 2. The van der Waals surface area contributed by atoms with Crippen molar-refractivity contribution >= 4 is 34.4 Å². The Hall–Kier alpha value is -2.24. The fourth-order valence-electron chi connectivity index (χ4n) is 2.10. The highest BCUT2D eigenvalue weighted by Gasteiger charge is 2.13. The van der Waals surface area contributed by atoms with Gasteiger partial charge >= 0.3 is 0 Å². The Morgan fingerprint density at radius 1 is 1.00 bits per heavy atom. The highest BCUT2D eigenvalue weighted by atomic mass is 32.1. The molecule has 1 amide bonds. The molecule has 1 N–H and O–H groups in total. The van der Waals surface area contributed by atoms with Gasteiger partial charge in [0.25, 0.3) is 5.91 Å². The van der Waals surface area contributed by atoms with E-state index in [9.17, 15) is 9.59 Å². The van der Waals surface area contributed by atoms with E-state index in [0.717, 1.165) is 15.3 Å². The summed E-state index contributed by atoms with van der Waals surface area (Å²) in [6, 6.07) is 14.9. The number of hydrogen-bond donors (Lipinski definition) is 1. The van der Waals surface area contributed by atoms with E-state index in [2.05, 4.69) is 5.32 Å². The van der Waals surface area contributed by atoms with Gasteiger partial charge in [0.2, 0.25) is 5.78 Å². The van der Waals surface area contributed by atoms with Crippen molar-refractivity contribution in [3.05, 3.63) is 79.7 Å². The second kappa shape index (κ2) is 6.89. The minimum absolute atomic E-state index is 0.0427. The van der Waals surface area contributed by atoms with Crippen LogP contribution < -0.4 is 5.32 Å². The molecule has 3 nitrogen and oxygen atoms in total. The first kappa shape index (κ1) is 15.6. The maximum atomic E-state index is 12.2. The lowest BCUT2D eigenvalue weighted by atomic mass is 10.1. The molecule has 0 unspecified atom stereocenters. The van der Waals surface area contributed by atoms with Crippen molar-refractivity contribution in [2.24, 2.45) is 0 Å². The number of hydrogen-bond acceptors (Lipinski definition) is 4. The van der Waals surface area contributed by atoms with Gasteiger partial charge in [-0.25, -0.2) is 0 Å². The molecule has 2 aromatic heterocycles. The maximum absolute atomic E-state index is 12.2. The van der Waals surface area contributed by atoms with Crippen molar-refractivity contribution in [1.29, 1.82) is 0 Å². The Morgan fingerprint density at radius 2 is 1.78 bits per heavy atom. The van der Waals surface area contributed by atoms with E-state index in [1.165, 1.54) is 22.7 Å². The molecule has 3 aromatic rings. The molecule has 116 valence electrons. The SMILES string of the molecule is Cc1ccc(C(=O)NCc2ccc(C(=O)c3cccs3)s2)cc1. The highest BCUT2D eigenvalue weighted by Crippen LogP contribution is 2.22. The minimum Gasteiger partial charge on any atom is -0.347 e. The van der Waals surface area contributed by atoms with Crippen LogP contribution in [0.25, 0.3) is 0 Å². The molecule has 0 radical (unpaired) electrons. The van der Waals surface area contributed by atoms with Gasteiger partial charge < -0.3 is 5.32 Å². The van der Waals surface area contributed by atoms with Crippen LogP contribution in [0, 0.1) is 6.92 Å². The number of thiophene rings is 2. The number of carbonyl (C=O) groups is 2. The van der Waals surface area contributed by atoms with Crippen LogP contribution in [0.15, 0.2) is 53.9 Å². The van der Waals surface area contributed by atoms with Crippen molar-refractivity contribution < 1.29 is 9.59 Å². The number of rotatable bonds is 5. The smallest absolute Gasteiger partial charge is 0.251 e. The first-order chi connectivity index (χ1) is 11.1. The summed E-state index contributed by atoms with van der Waals surface area (Å²) in [5.74, 6) is -0.0642. The third-order valence-corrected chi connectivity index (χ3v) is 5.32. The molecule has 5 heteroatoms. The van der Waals surface area contributed by atoms with Gasteiger partial charge in [0, 0.05) is 10.4 Å². The molecule has 1 aromatic carbocycles. The average Bonchev–Trinajstić information content (AvgIpc) is 3.24. The van der Waals surface area contributed by atoms with Gasteiger partial charge in [0.15, 0.2) is 0 Å². The summed E-state index contributed by atoms with van der Waals surface area (Å²) in [7, 11) is 0. The predicted molar refractivity (Wildman–Crippen MR) is 94.4 cm³/mol. The molecule has 0 atom stereocenters. The van der Waals surface area contributed by atoms with Crippen LogP contribution in [0.5, 0.6) is 0 Å². The van der Waals surface area contributed by atoms with Gasteiger partial charge in [-0.1, -0.05) is 23.8 Å². The van der Waals surface area contributed by atoms with Gasteiger partial charge in [-0.2, -0.15) is 0 Å². The Bertz CT molecular complexity index is 817. The van der Waals surface area contributed by atoms with Gasteiger partial charge in [0.05, 0.1) is 16.3 Å². The van der Waals surface area contributed by atoms with Crippen molar-refractivity contribution in [3.63, 3.8) is 0 Å². The maximum Gasteiger partial charge on any atom is 0.251 e. The largest absolute Gasteiger partial charge is 0.347 e. The molecule has 0 fully saturated rings. The number of benzene rings is 1. The van der Waals surface area contributed by atoms with Gasteiger partial charge in [-0.15, -0.1) is 22.7 Å². The summed E-state index contributed by atoms with van der Waals surface area (Å²) < 4.78 is 0. The molecule has 0 saturated heterocycles. The monoisotopic (exact) mass is 341 g/mol. The lowest BCUT2D eigenvalue weighted by molar-refractivity contribution is 0.0950. The second-order valence-electron chi connectivity index (χ2n) is 5.12.